The molecular formula is H8F4MoN2O2. The van der Waals surface area contributed by atoms with Gasteiger partial charge in [0.2, 0.25) is 0 Å². The van der Waals surface area contributed by atoms with Crippen LogP contribution in [0.2, 0.25) is 0 Å². The third kappa shape index (κ3) is 54200. The van der Waals surface area contributed by atoms with Crippen molar-refractivity contribution in [2.24, 2.45) is 0 Å². The Morgan fingerprint density at radius 3 is 0.778 bits per heavy atom. The molecule has 0 aromatic heterocycles. The standard InChI is InChI=1S/4FH.Mo.2H3N.2O/h4*1H;;2*1H3;;/q;;;;+2;;;;/p-2. The molecule has 8 N–H and O–H groups in total. The van der Waals surface area contributed by atoms with Gasteiger partial charge in [0, 0.05) is 0 Å². The van der Waals surface area contributed by atoms with Crippen LogP contribution in [-0.4, -0.2) is 0 Å². The van der Waals surface area contributed by atoms with Gasteiger partial charge >= 0.3 is 35.0 Å². The zero-order chi connectivity index (χ0) is 6.41. The normalized spacial score (nSPS) is 17.8. The van der Waals surface area contributed by atoms with Crippen molar-refractivity contribution in [3.63, 3.8) is 0 Å². The first-order valence-electron chi connectivity index (χ1n) is 0.951. The molecule has 0 fully saturated rings. The van der Waals surface area contributed by atoms with Crippen LogP contribution in [0.4, 0.5) is 12.6 Å². The first-order valence-corrected chi connectivity index (χ1v) is 5.62. The molecule has 0 saturated carbocycles. The predicted octanol–water partition coefficient (Wildman–Crippen LogP) is 2.19. The third-order valence-electron chi connectivity index (χ3n) is 0. The first kappa shape index (κ1) is 16.0. The predicted molar refractivity (Wildman–Crippen MR) is 17.8 cm³/mol. The quantitative estimate of drug-likeness (QED) is 0.500. The summed E-state index contributed by atoms with van der Waals surface area (Å²) in [6.45, 7) is 0. The minimum atomic E-state index is -10.7. The molecule has 0 spiro atoms. The van der Waals surface area contributed by atoms with E-state index in [0.717, 1.165) is 0 Å². The van der Waals surface area contributed by atoms with Gasteiger partial charge in [-0.2, -0.15) is 0 Å². The Morgan fingerprint density at radius 1 is 0.778 bits per heavy atom. The van der Waals surface area contributed by atoms with Gasteiger partial charge in [-0.05, 0) is 0 Å². The number of hydrogen-bond acceptors (Lipinski definition) is 2. The van der Waals surface area contributed by atoms with E-state index in [2.05, 4.69) is 0 Å². The van der Waals surface area contributed by atoms with E-state index in [9.17, 15) is 12.6 Å². The van der Waals surface area contributed by atoms with E-state index in [-0.39, 0.29) is 12.3 Å². The Labute approximate surface area is 48.1 Å². The van der Waals surface area contributed by atoms with Crippen LogP contribution in [0.5, 0.6) is 0 Å². The zero-order valence-electron chi connectivity index (χ0n) is 4.74. The van der Waals surface area contributed by atoms with Crippen molar-refractivity contribution in [1.29, 1.82) is 0 Å². The van der Waals surface area contributed by atoms with Gasteiger partial charge < -0.3 is 12.3 Å². The Morgan fingerprint density at radius 2 is 0.778 bits per heavy atom. The zero-order valence-corrected chi connectivity index (χ0v) is 6.74. The summed E-state index contributed by atoms with van der Waals surface area (Å²) < 4.78 is 57.0. The molecular weight excluding hydrogens is 232 g/mol. The molecule has 0 aliphatic rings. The van der Waals surface area contributed by atoms with Gasteiger partial charge in [-0.25, -0.2) is 0 Å². The first-order chi connectivity index (χ1) is 2.45. The van der Waals surface area contributed by atoms with Crippen molar-refractivity contribution in [1.82, 2.24) is 12.3 Å². The molecule has 0 radical (unpaired) electrons. The topological polar surface area (TPSA) is 107 Å². The Hall–Kier alpha value is -0.0717. The number of hydrogen-bond donors (Lipinski definition) is 2. The van der Waals surface area contributed by atoms with E-state index < -0.39 is 15.6 Å². The van der Waals surface area contributed by atoms with Crippen molar-refractivity contribution in [3.8, 4) is 0 Å². The van der Waals surface area contributed by atoms with Gasteiger partial charge in [0.1, 0.15) is 0 Å². The maximum absolute atomic E-state index is 10.7. The van der Waals surface area contributed by atoms with Crippen LogP contribution in [0.1, 0.15) is 0 Å². The molecule has 0 aliphatic heterocycles. The van der Waals surface area contributed by atoms with Gasteiger partial charge in [0.05, 0.1) is 0 Å². The molecule has 0 rings (SSSR count). The van der Waals surface area contributed by atoms with Gasteiger partial charge in [0.15, 0.2) is 0 Å². The summed E-state index contributed by atoms with van der Waals surface area (Å²) in [5.74, 6) is 0. The Bertz CT molecular complexity index is 196. The molecule has 0 unspecified atom stereocenters. The molecule has 9 heavy (non-hydrogen) atoms. The van der Waals surface area contributed by atoms with Crippen molar-refractivity contribution in [2.45, 2.75) is 0 Å². The van der Waals surface area contributed by atoms with E-state index in [4.69, 9.17) is 6.80 Å². The molecule has 0 amide bonds. The minimum absolute atomic E-state index is 0. The SMILES string of the molecule is [NH4+].[NH4+].[O]=[Mo-2](=[O])([F])([F])([F])[F]. The Kier molecular flexibility index (Phi) is 3.03. The maximum atomic E-state index is 10.1. The molecule has 0 aliphatic carbocycles. The average molecular weight is 240 g/mol. The van der Waals surface area contributed by atoms with Gasteiger partial charge in [-0.15, -0.1) is 0 Å². The summed E-state index contributed by atoms with van der Waals surface area (Å²) in [4.78, 5) is 0. The molecule has 0 heterocycles. The number of rotatable bonds is 0. The summed E-state index contributed by atoms with van der Waals surface area (Å²) >= 11 is -10.7. The fourth-order valence-corrected chi connectivity index (χ4v) is 0. The van der Waals surface area contributed by atoms with Crippen LogP contribution < -0.4 is 12.3 Å². The van der Waals surface area contributed by atoms with Gasteiger partial charge in [-0.1, -0.05) is 0 Å². The van der Waals surface area contributed by atoms with E-state index in [0.29, 0.717) is 0 Å². The molecule has 9 heteroatoms. The fourth-order valence-electron chi connectivity index (χ4n) is 0. The molecule has 0 atom stereocenters. The average Bonchev–Trinajstić information content (AvgIpc) is 0.592. The van der Waals surface area contributed by atoms with Crippen LogP contribution in [0.25, 0.3) is 0 Å². The second-order valence-corrected chi connectivity index (χ2v) is 5.45. The summed E-state index contributed by atoms with van der Waals surface area (Å²) in [5, 5.41) is 0. The van der Waals surface area contributed by atoms with Crippen molar-refractivity contribution in [2.75, 3.05) is 0 Å². The molecule has 64 valence electrons. The summed E-state index contributed by atoms with van der Waals surface area (Å²) in [6.07, 6.45) is 0. The van der Waals surface area contributed by atoms with E-state index in [1.54, 1.807) is 0 Å². The van der Waals surface area contributed by atoms with Crippen molar-refractivity contribution < 1.29 is 35.0 Å². The van der Waals surface area contributed by atoms with Crippen molar-refractivity contribution in [3.05, 3.63) is 0 Å². The van der Waals surface area contributed by atoms with Crippen LogP contribution >= 0.6 is 0 Å². The summed E-state index contributed by atoms with van der Waals surface area (Å²) in [7, 11) is 0. The van der Waals surface area contributed by atoms with E-state index in [1.165, 1.54) is 0 Å². The molecule has 0 bridgehead atoms. The molecule has 0 aromatic carbocycles. The molecule has 0 saturated heterocycles. The van der Waals surface area contributed by atoms with Crippen LogP contribution in [0.15, 0.2) is 0 Å². The van der Waals surface area contributed by atoms with Gasteiger partial charge in [-0.3, -0.25) is 0 Å². The summed E-state index contributed by atoms with van der Waals surface area (Å²) in [6, 6.07) is 0. The molecule has 0 aromatic rings. The van der Waals surface area contributed by atoms with Crippen LogP contribution in [0.3, 0.4) is 0 Å². The van der Waals surface area contributed by atoms with Gasteiger partial charge in [0.25, 0.3) is 0 Å². The summed E-state index contributed by atoms with van der Waals surface area (Å²) in [5.41, 5.74) is 0. The van der Waals surface area contributed by atoms with Crippen LogP contribution in [0, 0.1) is 0 Å². The van der Waals surface area contributed by atoms with Crippen molar-refractivity contribution >= 4 is 0 Å². The molecule has 4 nitrogen and oxygen atoms in total. The third-order valence-corrected chi connectivity index (χ3v) is 0. The Balaban J connectivity index is -0.000000180. The second kappa shape index (κ2) is 1.71. The fraction of sp³-hybridized carbons (Fsp3) is 0. The van der Waals surface area contributed by atoms with E-state index in [1.807, 2.05) is 0 Å². The van der Waals surface area contributed by atoms with E-state index >= 15 is 0 Å². The monoisotopic (exact) mass is 242 g/mol. The second-order valence-electron chi connectivity index (χ2n) is 0.922. The number of quaternary nitrogens is 2. The number of halogens is 4. The van der Waals surface area contributed by atoms with Crippen LogP contribution in [-0.2, 0) is 22.4 Å².